The number of likely N-dealkylation sites (N-methyl/N-ethyl adjacent to an activating group) is 1. The summed E-state index contributed by atoms with van der Waals surface area (Å²) < 4.78 is 5.45. The third kappa shape index (κ3) is 3.36. The number of aliphatic carboxylic acids is 1. The van der Waals surface area contributed by atoms with Gasteiger partial charge in [-0.25, -0.2) is 9.59 Å². The standard InChI is InChI=1S/C12H22N2O5/c1-8-5-14(6-9(7-15)19-8)11(18)13(4)12(2,3)10(16)17/h8-9,15H,5-7H2,1-4H3,(H,16,17). The van der Waals surface area contributed by atoms with Gasteiger partial charge >= 0.3 is 12.0 Å². The lowest BCUT2D eigenvalue weighted by atomic mass is 10.0. The Balaban J connectivity index is 2.79. The molecule has 0 saturated carbocycles. The fourth-order valence-corrected chi connectivity index (χ4v) is 1.90. The highest BCUT2D eigenvalue weighted by molar-refractivity contribution is 5.85. The Morgan fingerprint density at radius 3 is 2.47 bits per heavy atom. The molecule has 2 N–H and O–H groups in total. The summed E-state index contributed by atoms with van der Waals surface area (Å²) in [4.78, 5) is 26.2. The van der Waals surface area contributed by atoms with Crippen molar-refractivity contribution >= 4 is 12.0 Å². The maximum absolute atomic E-state index is 12.3. The van der Waals surface area contributed by atoms with Gasteiger partial charge in [0, 0.05) is 13.6 Å². The Labute approximate surface area is 112 Å². The predicted molar refractivity (Wildman–Crippen MR) is 67.9 cm³/mol. The van der Waals surface area contributed by atoms with Crippen molar-refractivity contribution < 1.29 is 24.5 Å². The average Bonchev–Trinajstić information content (AvgIpc) is 2.35. The van der Waals surface area contributed by atoms with E-state index in [4.69, 9.17) is 14.9 Å². The van der Waals surface area contributed by atoms with Gasteiger partial charge in [-0.3, -0.25) is 0 Å². The van der Waals surface area contributed by atoms with Gasteiger partial charge in [-0.1, -0.05) is 0 Å². The molecule has 7 nitrogen and oxygen atoms in total. The van der Waals surface area contributed by atoms with Crippen LogP contribution in [-0.2, 0) is 9.53 Å². The molecule has 0 aromatic rings. The van der Waals surface area contributed by atoms with Crippen molar-refractivity contribution in [1.29, 1.82) is 0 Å². The van der Waals surface area contributed by atoms with Gasteiger partial charge in [-0.2, -0.15) is 0 Å². The van der Waals surface area contributed by atoms with Gasteiger partial charge in [0.25, 0.3) is 0 Å². The quantitative estimate of drug-likeness (QED) is 0.755. The van der Waals surface area contributed by atoms with E-state index >= 15 is 0 Å². The average molecular weight is 274 g/mol. The van der Waals surface area contributed by atoms with Gasteiger partial charge in [0.15, 0.2) is 0 Å². The van der Waals surface area contributed by atoms with Crippen LogP contribution in [0.5, 0.6) is 0 Å². The van der Waals surface area contributed by atoms with Crippen LogP contribution in [0.15, 0.2) is 0 Å². The maximum Gasteiger partial charge on any atom is 0.329 e. The number of hydrogen-bond acceptors (Lipinski definition) is 4. The van der Waals surface area contributed by atoms with E-state index in [1.165, 1.54) is 30.7 Å². The van der Waals surface area contributed by atoms with E-state index in [9.17, 15) is 9.59 Å². The molecule has 0 aliphatic carbocycles. The zero-order chi connectivity index (χ0) is 14.8. The van der Waals surface area contributed by atoms with Crippen molar-refractivity contribution in [3.63, 3.8) is 0 Å². The summed E-state index contributed by atoms with van der Waals surface area (Å²) in [6.07, 6.45) is -0.606. The summed E-state index contributed by atoms with van der Waals surface area (Å²) in [5, 5.41) is 18.3. The third-order valence-electron chi connectivity index (χ3n) is 3.45. The van der Waals surface area contributed by atoms with E-state index in [0.29, 0.717) is 6.54 Å². The van der Waals surface area contributed by atoms with E-state index in [1.807, 2.05) is 6.92 Å². The Kier molecular flexibility index (Phi) is 4.75. The smallest absolute Gasteiger partial charge is 0.329 e. The van der Waals surface area contributed by atoms with E-state index < -0.39 is 17.6 Å². The summed E-state index contributed by atoms with van der Waals surface area (Å²) in [7, 11) is 1.46. The van der Waals surface area contributed by atoms with Crippen LogP contribution in [0.3, 0.4) is 0 Å². The molecule has 1 aliphatic rings. The molecule has 2 unspecified atom stereocenters. The normalized spacial score (nSPS) is 24.2. The Hall–Kier alpha value is -1.34. The van der Waals surface area contributed by atoms with Crippen molar-refractivity contribution in [2.75, 3.05) is 26.7 Å². The number of morpholine rings is 1. The molecule has 110 valence electrons. The van der Waals surface area contributed by atoms with Crippen molar-refractivity contribution in [2.24, 2.45) is 0 Å². The Morgan fingerprint density at radius 2 is 2.00 bits per heavy atom. The third-order valence-corrected chi connectivity index (χ3v) is 3.45. The first-order valence-corrected chi connectivity index (χ1v) is 6.22. The molecule has 1 fully saturated rings. The first-order valence-electron chi connectivity index (χ1n) is 6.22. The number of carbonyl (C=O) groups excluding carboxylic acids is 1. The van der Waals surface area contributed by atoms with Crippen molar-refractivity contribution in [2.45, 2.75) is 38.5 Å². The molecule has 0 radical (unpaired) electrons. The SMILES string of the molecule is CC1CN(C(=O)N(C)C(C)(C)C(=O)O)CC(CO)O1. The van der Waals surface area contributed by atoms with Crippen molar-refractivity contribution in [1.82, 2.24) is 9.80 Å². The first kappa shape index (κ1) is 15.7. The lowest BCUT2D eigenvalue weighted by Crippen LogP contribution is -2.59. The van der Waals surface area contributed by atoms with E-state index in [1.54, 1.807) is 0 Å². The number of amides is 2. The molecule has 7 heteroatoms. The number of hydrogen-bond donors (Lipinski definition) is 2. The molecule has 0 aromatic heterocycles. The molecule has 0 spiro atoms. The molecule has 1 saturated heterocycles. The molecular weight excluding hydrogens is 252 g/mol. The predicted octanol–water partition coefficient (Wildman–Crippen LogP) is -0.0170. The summed E-state index contributed by atoms with van der Waals surface area (Å²) in [5.41, 5.74) is -1.28. The number of aliphatic hydroxyl groups excluding tert-OH is 1. The minimum atomic E-state index is -1.28. The number of nitrogens with zero attached hydrogens (tertiary/aromatic N) is 2. The van der Waals surface area contributed by atoms with Gasteiger partial charge in [-0.15, -0.1) is 0 Å². The van der Waals surface area contributed by atoms with Crippen LogP contribution in [0.25, 0.3) is 0 Å². The summed E-state index contributed by atoms with van der Waals surface area (Å²) in [6, 6.07) is -0.374. The molecule has 1 heterocycles. The summed E-state index contributed by atoms with van der Waals surface area (Å²) >= 11 is 0. The van der Waals surface area contributed by atoms with Gasteiger partial charge in [0.2, 0.25) is 0 Å². The molecule has 0 bridgehead atoms. The minimum absolute atomic E-state index is 0.167. The molecule has 2 atom stereocenters. The number of urea groups is 1. The van der Waals surface area contributed by atoms with Crippen LogP contribution < -0.4 is 0 Å². The van der Waals surface area contributed by atoms with Crippen LogP contribution in [0.2, 0.25) is 0 Å². The highest BCUT2D eigenvalue weighted by Gasteiger charge is 2.39. The summed E-state index contributed by atoms with van der Waals surface area (Å²) in [6.45, 7) is 5.24. The van der Waals surface area contributed by atoms with Crippen molar-refractivity contribution in [3.8, 4) is 0 Å². The zero-order valence-electron chi connectivity index (χ0n) is 11.8. The van der Waals surface area contributed by atoms with Crippen molar-refractivity contribution in [3.05, 3.63) is 0 Å². The minimum Gasteiger partial charge on any atom is -0.480 e. The highest BCUT2D eigenvalue weighted by Crippen LogP contribution is 2.18. The van der Waals surface area contributed by atoms with Gasteiger partial charge in [-0.05, 0) is 20.8 Å². The molecule has 1 rings (SSSR count). The molecule has 1 aliphatic heterocycles. The zero-order valence-corrected chi connectivity index (χ0v) is 11.8. The fourth-order valence-electron chi connectivity index (χ4n) is 1.90. The topological polar surface area (TPSA) is 90.3 Å². The number of carboxylic acids is 1. The number of carbonyl (C=O) groups is 2. The second-order valence-electron chi connectivity index (χ2n) is 5.36. The largest absolute Gasteiger partial charge is 0.480 e. The van der Waals surface area contributed by atoms with Crippen LogP contribution in [0.1, 0.15) is 20.8 Å². The van der Waals surface area contributed by atoms with Crippen LogP contribution in [0.4, 0.5) is 4.79 Å². The monoisotopic (exact) mass is 274 g/mol. The lowest BCUT2D eigenvalue weighted by Gasteiger charge is -2.41. The Bertz CT molecular complexity index is 358. The van der Waals surface area contributed by atoms with Gasteiger partial charge in [0.05, 0.1) is 25.4 Å². The fraction of sp³-hybridized carbons (Fsp3) is 0.833. The van der Waals surface area contributed by atoms with E-state index in [-0.39, 0.29) is 25.3 Å². The van der Waals surface area contributed by atoms with Crippen LogP contribution in [-0.4, -0.2) is 76.5 Å². The second kappa shape index (κ2) is 5.75. The van der Waals surface area contributed by atoms with Crippen LogP contribution >= 0.6 is 0 Å². The molecule has 19 heavy (non-hydrogen) atoms. The summed E-state index contributed by atoms with van der Waals surface area (Å²) in [5.74, 6) is -1.07. The molecular formula is C12H22N2O5. The number of ether oxygens (including phenoxy) is 1. The van der Waals surface area contributed by atoms with E-state index in [2.05, 4.69) is 0 Å². The van der Waals surface area contributed by atoms with Crippen LogP contribution in [0, 0.1) is 0 Å². The van der Waals surface area contributed by atoms with Gasteiger partial charge in [0.1, 0.15) is 5.54 Å². The van der Waals surface area contributed by atoms with E-state index in [0.717, 1.165) is 0 Å². The number of carboxylic acid groups (broad SMARTS) is 1. The first-order chi connectivity index (χ1) is 8.70. The Morgan fingerprint density at radius 1 is 1.42 bits per heavy atom. The lowest BCUT2D eigenvalue weighted by molar-refractivity contribution is -0.147. The highest BCUT2D eigenvalue weighted by atomic mass is 16.5. The number of aliphatic hydroxyl groups is 1. The van der Waals surface area contributed by atoms with Gasteiger partial charge < -0.3 is 24.7 Å². The molecule has 0 aromatic carbocycles. The number of rotatable bonds is 3. The molecule has 2 amide bonds. The maximum atomic E-state index is 12.3. The second-order valence-corrected chi connectivity index (χ2v) is 5.36.